The lowest BCUT2D eigenvalue weighted by Gasteiger charge is -2.16. The van der Waals surface area contributed by atoms with Gasteiger partial charge in [0.25, 0.3) is 0 Å². The number of nitrogens with one attached hydrogen (secondary N) is 2. The van der Waals surface area contributed by atoms with E-state index >= 15 is 0 Å². The van der Waals surface area contributed by atoms with Gasteiger partial charge >= 0.3 is 0 Å². The number of ether oxygens (including phenoxy) is 2. The van der Waals surface area contributed by atoms with Gasteiger partial charge < -0.3 is 20.1 Å². The molecule has 140 valence electrons. The van der Waals surface area contributed by atoms with Crippen molar-refractivity contribution in [3.63, 3.8) is 0 Å². The second kappa shape index (κ2) is 6.95. The van der Waals surface area contributed by atoms with Crippen molar-refractivity contribution in [1.82, 2.24) is 10.6 Å². The highest BCUT2D eigenvalue weighted by molar-refractivity contribution is 6.07. The standard InChI is InChI=1S/C21H22N2O4/c1-14-2-4-15(5-3-14)11-22-19(24)21(8-9-21)20(25)23-12-16-6-7-17-18(10-16)27-13-26-17/h2-7,10H,8-9,11-13H2,1H3,(H,22,24)(H,23,25). The average molecular weight is 366 g/mol. The van der Waals surface area contributed by atoms with Crippen LogP contribution in [0.5, 0.6) is 11.5 Å². The number of fused-ring (bicyclic) bond motifs is 1. The van der Waals surface area contributed by atoms with E-state index in [1.807, 2.05) is 49.4 Å². The summed E-state index contributed by atoms with van der Waals surface area (Å²) < 4.78 is 10.6. The zero-order valence-electron chi connectivity index (χ0n) is 15.2. The summed E-state index contributed by atoms with van der Waals surface area (Å²) in [5.74, 6) is 0.964. The Bertz CT molecular complexity index is 872. The number of carbonyl (C=O) groups excluding carboxylic acids is 2. The Balaban J connectivity index is 1.32. The number of aryl methyl sites for hydroxylation is 1. The SMILES string of the molecule is Cc1ccc(CNC(=O)C2(C(=O)NCc3ccc4c(c3)OCO4)CC2)cc1. The van der Waals surface area contributed by atoms with Gasteiger partial charge in [-0.05, 0) is 43.0 Å². The maximum absolute atomic E-state index is 12.6. The first-order chi connectivity index (χ1) is 13.1. The summed E-state index contributed by atoms with van der Waals surface area (Å²) >= 11 is 0. The second-order valence-corrected chi connectivity index (χ2v) is 7.12. The van der Waals surface area contributed by atoms with Crippen LogP contribution in [0.15, 0.2) is 42.5 Å². The Labute approximate surface area is 157 Å². The molecule has 2 aromatic rings. The van der Waals surface area contributed by atoms with Gasteiger partial charge in [0.15, 0.2) is 11.5 Å². The summed E-state index contributed by atoms with van der Waals surface area (Å²) in [4.78, 5) is 25.2. The van der Waals surface area contributed by atoms with Crippen LogP contribution < -0.4 is 20.1 Å². The molecule has 0 aromatic heterocycles. The average Bonchev–Trinajstić information content (AvgIpc) is 3.37. The van der Waals surface area contributed by atoms with Crippen LogP contribution in [0.1, 0.15) is 29.5 Å². The number of hydrogen-bond acceptors (Lipinski definition) is 4. The maximum Gasteiger partial charge on any atom is 0.235 e. The highest BCUT2D eigenvalue weighted by Crippen LogP contribution is 2.46. The summed E-state index contributed by atoms with van der Waals surface area (Å²) in [6.45, 7) is 3.01. The van der Waals surface area contributed by atoms with Gasteiger partial charge in [0, 0.05) is 13.1 Å². The second-order valence-electron chi connectivity index (χ2n) is 7.12. The van der Waals surface area contributed by atoms with Gasteiger partial charge in [-0.2, -0.15) is 0 Å². The maximum atomic E-state index is 12.6. The van der Waals surface area contributed by atoms with E-state index < -0.39 is 5.41 Å². The minimum Gasteiger partial charge on any atom is -0.454 e. The Morgan fingerprint density at radius 3 is 2.15 bits per heavy atom. The number of benzene rings is 2. The number of rotatable bonds is 6. The molecule has 2 amide bonds. The van der Waals surface area contributed by atoms with Crippen molar-refractivity contribution >= 4 is 11.8 Å². The molecule has 1 heterocycles. The summed E-state index contributed by atoms with van der Waals surface area (Å²) in [6.07, 6.45) is 1.17. The van der Waals surface area contributed by atoms with Crippen LogP contribution in [0.2, 0.25) is 0 Å². The minimum atomic E-state index is -0.930. The highest BCUT2D eigenvalue weighted by Gasteiger charge is 2.56. The first-order valence-corrected chi connectivity index (χ1v) is 9.07. The van der Waals surface area contributed by atoms with Gasteiger partial charge in [-0.25, -0.2) is 0 Å². The van der Waals surface area contributed by atoms with Crippen molar-refractivity contribution in [2.75, 3.05) is 6.79 Å². The van der Waals surface area contributed by atoms with Crippen LogP contribution in [0.25, 0.3) is 0 Å². The predicted molar refractivity (Wildman–Crippen MR) is 99.1 cm³/mol. The third kappa shape index (κ3) is 3.60. The Hall–Kier alpha value is -3.02. The van der Waals surface area contributed by atoms with Crippen molar-refractivity contribution in [3.05, 3.63) is 59.2 Å². The smallest absolute Gasteiger partial charge is 0.235 e. The third-order valence-corrected chi connectivity index (χ3v) is 5.08. The largest absolute Gasteiger partial charge is 0.454 e. The fourth-order valence-electron chi connectivity index (χ4n) is 3.14. The predicted octanol–water partition coefficient (Wildman–Crippen LogP) is 2.44. The molecule has 2 N–H and O–H groups in total. The molecule has 2 aromatic carbocycles. The zero-order chi connectivity index (χ0) is 18.9. The van der Waals surface area contributed by atoms with Crippen molar-refractivity contribution in [2.24, 2.45) is 5.41 Å². The van der Waals surface area contributed by atoms with Crippen molar-refractivity contribution < 1.29 is 19.1 Å². The quantitative estimate of drug-likeness (QED) is 0.770. The first kappa shape index (κ1) is 17.4. The van der Waals surface area contributed by atoms with Crippen LogP contribution in [0, 0.1) is 12.3 Å². The van der Waals surface area contributed by atoms with Gasteiger partial charge in [-0.1, -0.05) is 35.9 Å². The van der Waals surface area contributed by atoms with E-state index in [9.17, 15) is 9.59 Å². The summed E-state index contributed by atoms with van der Waals surface area (Å²) in [5.41, 5.74) is 2.17. The van der Waals surface area contributed by atoms with E-state index in [-0.39, 0.29) is 18.6 Å². The van der Waals surface area contributed by atoms with Gasteiger partial charge in [0.05, 0.1) is 0 Å². The lowest BCUT2D eigenvalue weighted by atomic mass is 10.0. The molecular formula is C21H22N2O4. The molecule has 0 spiro atoms. The molecular weight excluding hydrogens is 344 g/mol. The molecule has 1 fully saturated rings. The molecule has 1 aliphatic heterocycles. The van der Waals surface area contributed by atoms with Crippen molar-refractivity contribution in [1.29, 1.82) is 0 Å². The molecule has 4 rings (SSSR count). The van der Waals surface area contributed by atoms with Crippen LogP contribution in [-0.4, -0.2) is 18.6 Å². The lowest BCUT2D eigenvalue weighted by molar-refractivity contribution is -0.137. The molecule has 0 radical (unpaired) electrons. The van der Waals surface area contributed by atoms with Crippen molar-refractivity contribution in [3.8, 4) is 11.5 Å². The fraction of sp³-hybridized carbons (Fsp3) is 0.333. The highest BCUT2D eigenvalue weighted by atomic mass is 16.7. The van der Waals surface area contributed by atoms with Crippen LogP contribution in [0.4, 0.5) is 0 Å². The van der Waals surface area contributed by atoms with Gasteiger partial charge in [0.2, 0.25) is 18.6 Å². The van der Waals surface area contributed by atoms with Crippen LogP contribution in [0.3, 0.4) is 0 Å². The summed E-state index contributed by atoms with van der Waals surface area (Å²) in [6, 6.07) is 13.5. The van der Waals surface area contributed by atoms with E-state index in [0.29, 0.717) is 37.4 Å². The van der Waals surface area contributed by atoms with Crippen LogP contribution in [-0.2, 0) is 22.7 Å². The molecule has 6 nitrogen and oxygen atoms in total. The molecule has 27 heavy (non-hydrogen) atoms. The topological polar surface area (TPSA) is 76.7 Å². The monoisotopic (exact) mass is 366 g/mol. The molecule has 0 atom stereocenters. The number of hydrogen-bond donors (Lipinski definition) is 2. The molecule has 0 unspecified atom stereocenters. The Morgan fingerprint density at radius 2 is 1.48 bits per heavy atom. The lowest BCUT2D eigenvalue weighted by Crippen LogP contribution is -2.42. The Kier molecular flexibility index (Phi) is 4.48. The van der Waals surface area contributed by atoms with E-state index in [0.717, 1.165) is 11.1 Å². The fourth-order valence-corrected chi connectivity index (χ4v) is 3.14. The van der Waals surface area contributed by atoms with Gasteiger partial charge in [-0.15, -0.1) is 0 Å². The van der Waals surface area contributed by atoms with Crippen LogP contribution >= 0.6 is 0 Å². The molecule has 1 aliphatic carbocycles. The third-order valence-electron chi connectivity index (χ3n) is 5.08. The van der Waals surface area contributed by atoms with E-state index in [4.69, 9.17) is 9.47 Å². The summed E-state index contributed by atoms with van der Waals surface area (Å²) in [7, 11) is 0. The van der Waals surface area contributed by atoms with E-state index in [1.54, 1.807) is 0 Å². The Morgan fingerprint density at radius 1 is 0.889 bits per heavy atom. The normalized spacial score (nSPS) is 15.9. The number of amides is 2. The molecule has 6 heteroatoms. The minimum absolute atomic E-state index is 0.203. The number of carbonyl (C=O) groups is 2. The molecule has 2 aliphatic rings. The van der Waals surface area contributed by atoms with Gasteiger partial charge in [-0.3, -0.25) is 9.59 Å². The molecule has 1 saturated carbocycles. The first-order valence-electron chi connectivity index (χ1n) is 9.07. The summed E-state index contributed by atoms with van der Waals surface area (Å²) in [5, 5.41) is 5.78. The van der Waals surface area contributed by atoms with E-state index in [1.165, 1.54) is 5.56 Å². The zero-order valence-corrected chi connectivity index (χ0v) is 15.2. The van der Waals surface area contributed by atoms with Crippen molar-refractivity contribution in [2.45, 2.75) is 32.9 Å². The molecule has 0 bridgehead atoms. The molecule has 0 saturated heterocycles. The van der Waals surface area contributed by atoms with Gasteiger partial charge in [0.1, 0.15) is 5.41 Å². The van der Waals surface area contributed by atoms with E-state index in [2.05, 4.69) is 10.6 Å².